The molecule has 1 aromatic heterocycles. The van der Waals surface area contributed by atoms with Crippen molar-refractivity contribution in [2.24, 2.45) is 0 Å². The molecule has 19 heavy (non-hydrogen) atoms. The maximum atomic E-state index is 13.4. The van der Waals surface area contributed by atoms with Gasteiger partial charge >= 0.3 is 0 Å². The molecule has 98 valence electrons. The second-order valence-corrected chi connectivity index (χ2v) is 4.01. The summed E-state index contributed by atoms with van der Waals surface area (Å²) in [6, 6.07) is 7.61. The minimum atomic E-state index is -0.453. The molecule has 0 spiro atoms. The third-order valence-electron chi connectivity index (χ3n) is 2.82. The largest absolute Gasteiger partial charge is 0.364 e. The Bertz CT molecular complexity index is 617. The predicted octanol–water partition coefficient (Wildman–Crippen LogP) is 3.05. The molecule has 0 fully saturated rings. The van der Waals surface area contributed by atoms with Crippen molar-refractivity contribution in [1.82, 2.24) is 4.98 Å². The number of nitro benzene ring substituents is 1. The molecule has 0 amide bonds. The van der Waals surface area contributed by atoms with Crippen LogP contribution in [0.25, 0.3) is 0 Å². The molecule has 2 rings (SSSR count). The van der Waals surface area contributed by atoms with Gasteiger partial charge in [-0.25, -0.2) is 9.37 Å². The number of anilines is 1. The molecule has 0 atom stereocenters. The van der Waals surface area contributed by atoms with E-state index in [0.717, 1.165) is 5.56 Å². The predicted molar refractivity (Wildman–Crippen MR) is 69.4 cm³/mol. The van der Waals surface area contributed by atoms with Crippen LogP contribution in [0.15, 0.2) is 36.5 Å². The first-order chi connectivity index (χ1) is 9.09. The minimum absolute atomic E-state index is 0.0563. The van der Waals surface area contributed by atoms with Gasteiger partial charge in [-0.05, 0) is 24.6 Å². The molecule has 0 unspecified atom stereocenters. The van der Waals surface area contributed by atoms with Gasteiger partial charge in [0.15, 0.2) is 11.6 Å². The van der Waals surface area contributed by atoms with Crippen molar-refractivity contribution < 1.29 is 9.31 Å². The second kappa shape index (κ2) is 5.43. The Morgan fingerprint density at radius 3 is 2.84 bits per heavy atom. The zero-order chi connectivity index (χ0) is 13.8. The normalized spacial score (nSPS) is 10.2. The molecule has 0 bridgehead atoms. The van der Waals surface area contributed by atoms with Crippen molar-refractivity contribution in [1.29, 1.82) is 0 Å². The zero-order valence-electron chi connectivity index (χ0n) is 10.3. The molecular weight excluding hydrogens is 249 g/mol. The Morgan fingerprint density at radius 2 is 2.16 bits per heavy atom. The smallest absolute Gasteiger partial charge is 0.272 e. The van der Waals surface area contributed by atoms with E-state index >= 15 is 0 Å². The highest BCUT2D eigenvalue weighted by molar-refractivity contribution is 5.46. The van der Waals surface area contributed by atoms with Crippen LogP contribution in [0.3, 0.4) is 0 Å². The van der Waals surface area contributed by atoms with E-state index in [2.05, 4.69) is 10.3 Å². The van der Waals surface area contributed by atoms with E-state index in [1.165, 1.54) is 24.4 Å². The molecule has 0 aliphatic carbocycles. The molecule has 0 saturated carbocycles. The molecule has 1 aromatic carbocycles. The summed E-state index contributed by atoms with van der Waals surface area (Å²) in [5, 5.41) is 13.6. The lowest BCUT2D eigenvalue weighted by Crippen LogP contribution is -2.05. The number of nitrogens with zero attached hydrogens (tertiary/aromatic N) is 2. The van der Waals surface area contributed by atoms with Gasteiger partial charge in [0.25, 0.3) is 5.69 Å². The molecule has 0 radical (unpaired) electrons. The summed E-state index contributed by atoms with van der Waals surface area (Å²) in [6.07, 6.45) is 1.48. The molecule has 1 N–H and O–H groups in total. The number of halogens is 1. The average Bonchev–Trinajstić information content (AvgIpc) is 2.39. The molecule has 0 aliphatic heterocycles. The fourth-order valence-corrected chi connectivity index (χ4v) is 1.75. The zero-order valence-corrected chi connectivity index (χ0v) is 10.3. The van der Waals surface area contributed by atoms with Gasteiger partial charge in [0, 0.05) is 24.4 Å². The van der Waals surface area contributed by atoms with Gasteiger partial charge in [-0.3, -0.25) is 10.1 Å². The van der Waals surface area contributed by atoms with Crippen LogP contribution in [0, 0.1) is 22.9 Å². The number of nitro groups is 1. The van der Waals surface area contributed by atoms with E-state index in [1.807, 2.05) is 0 Å². The van der Waals surface area contributed by atoms with Crippen LogP contribution in [0.2, 0.25) is 0 Å². The molecule has 0 aliphatic rings. The van der Waals surface area contributed by atoms with Crippen molar-refractivity contribution in [3.05, 3.63) is 63.6 Å². The fraction of sp³-hybridized carbons (Fsp3) is 0.154. The van der Waals surface area contributed by atoms with Gasteiger partial charge in [0.2, 0.25) is 0 Å². The van der Waals surface area contributed by atoms with E-state index in [4.69, 9.17) is 0 Å². The third-order valence-corrected chi connectivity index (χ3v) is 2.82. The second-order valence-electron chi connectivity index (χ2n) is 4.01. The first-order valence-corrected chi connectivity index (χ1v) is 5.67. The number of rotatable bonds is 4. The Morgan fingerprint density at radius 1 is 1.37 bits per heavy atom. The Balaban J connectivity index is 2.19. The lowest BCUT2D eigenvalue weighted by Gasteiger charge is -2.09. The van der Waals surface area contributed by atoms with Crippen LogP contribution in [-0.4, -0.2) is 9.91 Å². The molecule has 1 heterocycles. The van der Waals surface area contributed by atoms with E-state index in [1.54, 1.807) is 19.1 Å². The number of aromatic nitrogens is 1. The summed E-state index contributed by atoms with van der Waals surface area (Å²) >= 11 is 0. The van der Waals surface area contributed by atoms with E-state index < -0.39 is 10.7 Å². The van der Waals surface area contributed by atoms with Crippen LogP contribution in [-0.2, 0) is 6.54 Å². The number of hydrogen-bond acceptors (Lipinski definition) is 4. The van der Waals surface area contributed by atoms with Gasteiger partial charge in [-0.15, -0.1) is 0 Å². The van der Waals surface area contributed by atoms with E-state index in [-0.39, 0.29) is 18.1 Å². The fourth-order valence-electron chi connectivity index (χ4n) is 1.75. The number of benzene rings is 1. The van der Waals surface area contributed by atoms with Crippen molar-refractivity contribution in [3.8, 4) is 0 Å². The van der Waals surface area contributed by atoms with Crippen molar-refractivity contribution in [2.75, 3.05) is 5.32 Å². The van der Waals surface area contributed by atoms with Gasteiger partial charge in [0.05, 0.1) is 4.92 Å². The lowest BCUT2D eigenvalue weighted by atomic mass is 10.1. The first kappa shape index (κ1) is 12.9. The van der Waals surface area contributed by atoms with Crippen molar-refractivity contribution in [2.45, 2.75) is 13.5 Å². The van der Waals surface area contributed by atoms with Crippen LogP contribution in [0.1, 0.15) is 11.1 Å². The maximum absolute atomic E-state index is 13.4. The Hall–Kier alpha value is -2.50. The topological polar surface area (TPSA) is 68.1 Å². The summed E-state index contributed by atoms with van der Waals surface area (Å²) in [5.41, 5.74) is 1.36. The maximum Gasteiger partial charge on any atom is 0.272 e. The van der Waals surface area contributed by atoms with E-state index in [9.17, 15) is 14.5 Å². The van der Waals surface area contributed by atoms with E-state index in [0.29, 0.717) is 5.56 Å². The monoisotopic (exact) mass is 261 g/mol. The minimum Gasteiger partial charge on any atom is -0.364 e. The lowest BCUT2D eigenvalue weighted by molar-refractivity contribution is -0.385. The van der Waals surface area contributed by atoms with Gasteiger partial charge in [-0.2, -0.15) is 0 Å². The van der Waals surface area contributed by atoms with Gasteiger partial charge in [0.1, 0.15) is 0 Å². The van der Waals surface area contributed by atoms with Crippen LogP contribution < -0.4 is 5.32 Å². The average molecular weight is 261 g/mol. The highest BCUT2D eigenvalue weighted by Gasteiger charge is 2.13. The quantitative estimate of drug-likeness (QED) is 0.678. The first-order valence-electron chi connectivity index (χ1n) is 5.67. The molecular formula is C13H12FN3O2. The third kappa shape index (κ3) is 2.85. The van der Waals surface area contributed by atoms with Crippen molar-refractivity contribution in [3.63, 3.8) is 0 Å². The molecule has 5 nitrogen and oxygen atoms in total. The summed E-state index contributed by atoms with van der Waals surface area (Å²) in [6.45, 7) is 1.95. The number of nitrogens with one attached hydrogen (secondary N) is 1. The summed E-state index contributed by atoms with van der Waals surface area (Å²) < 4.78 is 13.4. The van der Waals surface area contributed by atoms with Gasteiger partial charge in [-0.1, -0.05) is 12.1 Å². The van der Waals surface area contributed by atoms with Crippen LogP contribution in [0.4, 0.5) is 15.9 Å². The van der Waals surface area contributed by atoms with Gasteiger partial charge < -0.3 is 5.32 Å². The summed E-state index contributed by atoms with van der Waals surface area (Å²) in [4.78, 5) is 14.2. The highest BCUT2D eigenvalue weighted by atomic mass is 19.1. The summed E-state index contributed by atoms with van der Waals surface area (Å²) in [5.74, 6) is -0.320. The Labute approximate surface area is 109 Å². The molecule has 2 aromatic rings. The Kier molecular flexibility index (Phi) is 3.70. The van der Waals surface area contributed by atoms with Crippen LogP contribution >= 0.6 is 0 Å². The SMILES string of the molecule is Cc1c(CNc2ncccc2F)cccc1[N+](=O)[O-]. The van der Waals surface area contributed by atoms with Crippen molar-refractivity contribution >= 4 is 11.5 Å². The standard InChI is InChI=1S/C13H12FN3O2/c1-9-10(4-2-6-12(9)17(18)19)8-16-13-11(14)5-3-7-15-13/h2-7H,8H2,1H3,(H,15,16). The number of hydrogen-bond donors (Lipinski definition) is 1. The number of pyridine rings is 1. The van der Waals surface area contributed by atoms with Crippen LogP contribution in [0.5, 0.6) is 0 Å². The molecule has 0 saturated heterocycles. The summed E-state index contributed by atoms with van der Waals surface area (Å²) in [7, 11) is 0. The highest BCUT2D eigenvalue weighted by Crippen LogP contribution is 2.22. The molecule has 6 heteroatoms.